The van der Waals surface area contributed by atoms with Gasteiger partial charge in [-0.25, -0.2) is 0 Å². The van der Waals surface area contributed by atoms with Crippen LogP contribution in [0.3, 0.4) is 0 Å². The number of thioether (sulfide) groups is 1. The summed E-state index contributed by atoms with van der Waals surface area (Å²) in [5.41, 5.74) is 1.46. The molecule has 0 spiro atoms. The number of carbonyl (C=O) groups excluding carboxylic acids is 4. The van der Waals surface area contributed by atoms with Crippen molar-refractivity contribution in [1.29, 1.82) is 0 Å². The maximum atomic E-state index is 13.5. The molecular weight excluding hydrogens is 542 g/mol. The first-order chi connectivity index (χ1) is 19.9. The molecule has 0 radical (unpaired) electrons. The van der Waals surface area contributed by atoms with Gasteiger partial charge in [0.1, 0.15) is 11.5 Å². The fourth-order valence-electron chi connectivity index (χ4n) is 5.03. The van der Waals surface area contributed by atoms with E-state index in [0.717, 1.165) is 43.3 Å². The van der Waals surface area contributed by atoms with Crippen molar-refractivity contribution in [1.82, 2.24) is 4.98 Å². The van der Waals surface area contributed by atoms with E-state index in [1.165, 1.54) is 36.1 Å². The average Bonchev–Trinajstić information content (AvgIpc) is 3.80. The highest BCUT2D eigenvalue weighted by Gasteiger charge is 2.32. The zero-order valence-corrected chi connectivity index (χ0v) is 24.7. The van der Waals surface area contributed by atoms with Gasteiger partial charge in [-0.2, -0.15) is 0 Å². The monoisotopic (exact) mass is 581 g/mol. The lowest BCUT2D eigenvalue weighted by atomic mass is 9.81. The van der Waals surface area contributed by atoms with Gasteiger partial charge in [0.2, 0.25) is 0 Å². The van der Waals surface area contributed by atoms with E-state index in [2.05, 4.69) is 29.2 Å². The van der Waals surface area contributed by atoms with Gasteiger partial charge in [-0.05, 0) is 81.2 Å². The van der Waals surface area contributed by atoms with Gasteiger partial charge >= 0.3 is 11.9 Å². The highest BCUT2D eigenvalue weighted by Crippen LogP contribution is 2.40. The van der Waals surface area contributed by atoms with Gasteiger partial charge < -0.3 is 14.2 Å². The molecule has 1 atom stereocenters. The van der Waals surface area contributed by atoms with Gasteiger partial charge in [-0.15, -0.1) is 11.8 Å². The van der Waals surface area contributed by atoms with Crippen molar-refractivity contribution >= 4 is 35.3 Å². The predicted molar refractivity (Wildman–Crippen MR) is 155 cm³/mol. The van der Waals surface area contributed by atoms with Crippen LogP contribution in [0.25, 0.3) is 0 Å². The molecule has 2 heterocycles. The third kappa shape index (κ3) is 8.97. The molecule has 0 amide bonds. The quantitative estimate of drug-likeness (QED) is 0.149. The van der Waals surface area contributed by atoms with Crippen molar-refractivity contribution < 1.29 is 33.4 Å². The highest BCUT2D eigenvalue weighted by molar-refractivity contribution is 8.00. The number of ketones is 2. The smallest absolute Gasteiger partial charge is 0.324 e. The third-order valence-electron chi connectivity index (χ3n) is 7.46. The summed E-state index contributed by atoms with van der Waals surface area (Å²) in [5, 5.41) is 0.718. The Morgan fingerprint density at radius 2 is 1.51 bits per heavy atom. The van der Waals surface area contributed by atoms with E-state index in [1.807, 2.05) is 11.8 Å². The molecule has 0 N–H and O–H groups in total. The predicted octanol–water partition coefficient (Wildman–Crippen LogP) is 5.68. The Kier molecular flexibility index (Phi) is 11.5. The molecule has 41 heavy (non-hydrogen) atoms. The molecule has 8 nitrogen and oxygen atoms in total. The Balaban J connectivity index is 1.41. The zero-order chi connectivity index (χ0) is 29.2. The number of aromatic nitrogens is 1. The molecule has 1 aromatic carbocycles. The van der Waals surface area contributed by atoms with Crippen LogP contribution in [0.5, 0.6) is 0 Å². The molecule has 0 bridgehead atoms. The second kappa shape index (κ2) is 15.3. The summed E-state index contributed by atoms with van der Waals surface area (Å²) < 4.78 is 15.6. The molecule has 9 heteroatoms. The Bertz CT molecular complexity index is 1170. The molecule has 1 saturated heterocycles. The van der Waals surface area contributed by atoms with Crippen molar-refractivity contribution in [2.24, 2.45) is 5.92 Å². The lowest BCUT2D eigenvalue weighted by Crippen LogP contribution is -2.26. The number of carbonyl (C=O) groups is 4. The SMILES string of the molecule is CCOC(=O)C(C(=O)OCC)c1ccc(C(=O)CCC(=O)C(CC2CCOCC2)c2ccc(SC3CC3)cc2)nc1. The Morgan fingerprint density at radius 3 is 2.07 bits per heavy atom. The highest BCUT2D eigenvalue weighted by atomic mass is 32.2. The van der Waals surface area contributed by atoms with E-state index < -0.39 is 17.9 Å². The summed E-state index contributed by atoms with van der Waals surface area (Å²) in [6.07, 6.45) is 6.62. The van der Waals surface area contributed by atoms with Crippen molar-refractivity contribution in [3.63, 3.8) is 0 Å². The van der Waals surface area contributed by atoms with Gasteiger partial charge in [0.05, 0.1) is 13.2 Å². The summed E-state index contributed by atoms with van der Waals surface area (Å²) in [6, 6.07) is 11.3. The van der Waals surface area contributed by atoms with Gasteiger partial charge in [0.25, 0.3) is 0 Å². The topological polar surface area (TPSA) is 109 Å². The lowest BCUT2D eigenvalue weighted by Gasteiger charge is -2.26. The van der Waals surface area contributed by atoms with E-state index in [-0.39, 0.29) is 54.8 Å². The minimum atomic E-state index is -1.27. The molecule has 1 aliphatic carbocycles. The van der Waals surface area contributed by atoms with E-state index in [0.29, 0.717) is 5.92 Å². The van der Waals surface area contributed by atoms with Crippen molar-refractivity contribution in [2.45, 2.75) is 80.8 Å². The molecule has 1 aromatic heterocycles. The van der Waals surface area contributed by atoms with Gasteiger partial charge in [0.15, 0.2) is 11.7 Å². The Labute approximate surface area is 245 Å². The summed E-state index contributed by atoms with van der Waals surface area (Å²) in [6.45, 7) is 4.97. The molecule has 2 aliphatic rings. The molecular formula is C32H39NO7S. The number of benzene rings is 1. The fraction of sp³-hybridized carbons (Fsp3) is 0.531. The summed E-state index contributed by atoms with van der Waals surface area (Å²) in [4.78, 5) is 56.7. The first-order valence-corrected chi connectivity index (χ1v) is 15.5. The largest absolute Gasteiger partial charge is 0.465 e. The van der Waals surface area contributed by atoms with Crippen LogP contribution >= 0.6 is 11.8 Å². The average molecular weight is 582 g/mol. The number of hydrogen-bond donors (Lipinski definition) is 0. The molecule has 1 aliphatic heterocycles. The van der Waals surface area contributed by atoms with Crippen LogP contribution in [0.1, 0.15) is 92.2 Å². The van der Waals surface area contributed by atoms with E-state index in [9.17, 15) is 19.2 Å². The number of ether oxygens (including phenoxy) is 3. The number of pyridine rings is 1. The van der Waals surface area contributed by atoms with Crippen LogP contribution in [-0.4, -0.2) is 60.2 Å². The molecule has 220 valence electrons. The molecule has 2 fully saturated rings. The summed E-state index contributed by atoms with van der Waals surface area (Å²) in [5.74, 6) is -2.80. The number of hydrogen-bond acceptors (Lipinski definition) is 9. The Morgan fingerprint density at radius 1 is 0.878 bits per heavy atom. The second-order valence-electron chi connectivity index (χ2n) is 10.5. The summed E-state index contributed by atoms with van der Waals surface area (Å²) in [7, 11) is 0. The van der Waals surface area contributed by atoms with Gasteiger partial charge in [-0.3, -0.25) is 24.2 Å². The minimum absolute atomic E-state index is 0.0320. The second-order valence-corrected chi connectivity index (χ2v) is 11.9. The fourth-order valence-corrected chi connectivity index (χ4v) is 6.08. The molecule has 1 unspecified atom stereocenters. The normalized spacial score (nSPS) is 16.3. The Hall–Kier alpha value is -3.04. The van der Waals surface area contributed by atoms with E-state index in [4.69, 9.17) is 14.2 Å². The van der Waals surface area contributed by atoms with E-state index >= 15 is 0 Å². The van der Waals surface area contributed by atoms with Crippen molar-refractivity contribution in [3.05, 3.63) is 59.4 Å². The van der Waals surface area contributed by atoms with Gasteiger partial charge in [0, 0.05) is 48.3 Å². The van der Waals surface area contributed by atoms with Crippen LogP contribution in [-0.2, 0) is 28.6 Å². The maximum absolute atomic E-state index is 13.5. The third-order valence-corrected chi connectivity index (χ3v) is 8.81. The molecule has 1 saturated carbocycles. The number of esters is 2. The maximum Gasteiger partial charge on any atom is 0.324 e. The van der Waals surface area contributed by atoms with Crippen molar-refractivity contribution in [3.8, 4) is 0 Å². The van der Waals surface area contributed by atoms with Crippen LogP contribution in [0.2, 0.25) is 0 Å². The zero-order valence-electron chi connectivity index (χ0n) is 23.8. The number of Topliss-reactive ketones (excluding diaryl/α,β-unsaturated/α-hetero) is 2. The van der Waals surface area contributed by atoms with Gasteiger partial charge in [-0.1, -0.05) is 18.2 Å². The van der Waals surface area contributed by atoms with Crippen molar-refractivity contribution in [2.75, 3.05) is 26.4 Å². The van der Waals surface area contributed by atoms with Crippen LogP contribution < -0.4 is 0 Å². The van der Waals surface area contributed by atoms with E-state index in [1.54, 1.807) is 13.8 Å². The van der Waals surface area contributed by atoms with Crippen LogP contribution in [0, 0.1) is 5.92 Å². The molecule has 2 aromatic rings. The number of nitrogens with zero attached hydrogens (tertiary/aromatic N) is 1. The number of rotatable bonds is 15. The molecule has 4 rings (SSSR count). The van der Waals surface area contributed by atoms with Crippen LogP contribution in [0.4, 0.5) is 0 Å². The first-order valence-electron chi connectivity index (χ1n) is 14.6. The standard InChI is InChI=1S/C32H39NO7S/c1-3-39-31(36)30(32(37)40-4-2)23-7-12-27(33-20-23)29(35)14-13-28(34)26(19-21-15-17-38-18-16-21)22-5-8-24(9-6-22)41-25-10-11-25/h5-9,12,20-21,25-26,30H,3-4,10-11,13-19H2,1-2H3. The lowest BCUT2D eigenvalue weighted by molar-refractivity contribution is -0.157. The minimum Gasteiger partial charge on any atom is -0.465 e. The first kappa shape index (κ1) is 30.9. The summed E-state index contributed by atoms with van der Waals surface area (Å²) >= 11 is 1.89. The van der Waals surface area contributed by atoms with Crippen LogP contribution in [0.15, 0.2) is 47.5 Å².